The van der Waals surface area contributed by atoms with E-state index in [4.69, 9.17) is 11.6 Å². The minimum atomic E-state index is 0.660. The fourth-order valence-corrected chi connectivity index (χ4v) is 1.90. The molecule has 0 amide bonds. The van der Waals surface area contributed by atoms with Crippen LogP contribution >= 0.6 is 27.5 Å². The van der Waals surface area contributed by atoms with E-state index in [-0.39, 0.29) is 0 Å². The van der Waals surface area contributed by atoms with E-state index in [1.54, 1.807) is 6.20 Å². The summed E-state index contributed by atoms with van der Waals surface area (Å²) < 4.78 is 4.58. The molecule has 2 rings (SSSR count). The molecule has 5 heteroatoms. The Bertz CT molecular complexity index is 437. The van der Waals surface area contributed by atoms with Crippen molar-refractivity contribution in [2.24, 2.45) is 7.05 Å². The maximum Gasteiger partial charge on any atom is 0.299 e. The average molecular weight is 248 g/mol. The molecule has 62 valence electrons. The van der Waals surface area contributed by atoms with Gasteiger partial charge in [0.05, 0.1) is 16.9 Å². The summed E-state index contributed by atoms with van der Waals surface area (Å²) in [6.07, 6.45) is 3.59. The molecule has 2 heterocycles. The first-order valence-corrected chi connectivity index (χ1v) is 4.54. The molecule has 0 radical (unpaired) electrons. The van der Waals surface area contributed by atoms with Crippen molar-refractivity contribution in [3.63, 3.8) is 0 Å². The number of imidazole rings is 1. The van der Waals surface area contributed by atoms with Crippen LogP contribution in [0.15, 0.2) is 22.9 Å². The van der Waals surface area contributed by atoms with E-state index >= 15 is 0 Å². The first-order valence-electron chi connectivity index (χ1n) is 3.37. The molecule has 0 saturated heterocycles. The van der Waals surface area contributed by atoms with Crippen LogP contribution in [-0.4, -0.2) is 9.50 Å². The third-order valence-corrected chi connectivity index (χ3v) is 2.65. The van der Waals surface area contributed by atoms with Gasteiger partial charge in [0.2, 0.25) is 5.65 Å². The quantitative estimate of drug-likeness (QED) is 0.648. The van der Waals surface area contributed by atoms with E-state index in [9.17, 15) is 0 Å². The van der Waals surface area contributed by atoms with Crippen molar-refractivity contribution in [2.75, 3.05) is 0 Å². The van der Waals surface area contributed by atoms with Gasteiger partial charge in [0.1, 0.15) is 0 Å². The second-order valence-corrected chi connectivity index (χ2v) is 3.68. The minimum absolute atomic E-state index is 0.660. The molecular formula is C7H6BrClN3+. The molecule has 0 aliphatic heterocycles. The highest BCUT2D eigenvalue weighted by Gasteiger charge is 2.12. The number of aromatic nitrogens is 3. The summed E-state index contributed by atoms with van der Waals surface area (Å²) in [4.78, 5) is 4.16. The molecule has 0 aliphatic rings. The molecule has 12 heavy (non-hydrogen) atoms. The molecule has 3 nitrogen and oxygen atoms in total. The number of rotatable bonds is 0. The predicted molar refractivity (Wildman–Crippen MR) is 49.1 cm³/mol. The maximum atomic E-state index is 5.93. The van der Waals surface area contributed by atoms with Crippen molar-refractivity contribution >= 4 is 33.2 Å². The van der Waals surface area contributed by atoms with Crippen LogP contribution in [0.1, 0.15) is 0 Å². The Kier molecular flexibility index (Phi) is 1.81. The molecule has 2 aromatic rings. The van der Waals surface area contributed by atoms with Gasteiger partial charge < -0.3 is 0 Å². The summed E-state index contributed by atoms with van der Waals surface area (Å²) in [7, 11) is 1.88. The summed E-state index contributed by atoms with van der Waals surface area (Å²) in [6, 6.07) is 1.82. The largest absolute Gasteiger partial charge is 0.299 e. The van der Waals surface area contributed by atoms with Gasteiger partial charge in [0, 0.05) is 6.07 Å². The van der Waals surface area contributed by atoms with Gasteiger partial charge in [-0.1, -0.05) is 4.68 Å². The molecule has 0 N–H and O–H groups in total. The average Bonchev–Trinajstić information content (AvgIpc) is 2.48. The first kappa shape index (κ1) is 8.01. The van der Waals surface area contributed by atoms with Crippen LogP contribution in [0.4, 0.5) is 0 Å². The molecule has 0 atom stereocenters. The number of hydrogen-bond donors (Lipinski definition) is 0. The number of aryl methyl sites for hydroxylation is 1. The van der Waals surface area contributed by atoms with Crippen molar-refractivity contribution in [1.82, 2.24) is 9.50 Å². The lowest BCUT2D eigenvalue weighted by Crippen LogP contribution is -2.38. The number of fused-ring (bicyclic) bond motifs is 1. The Hall–Kier alpha value is -0.610. The Morgan fingerprint density at radius 3 is 3.17 bits per heavy atom. The van der Waals surface area contributed by atoms with Crippen molar-refractivity contribution in [3.8, 4) is 0 Å². The fraction of sp³-hybridized carbons (Fsp3) is 0.143. The molecule has 0 unspecified atom stereocenters. The first-order chi connectivity index (χ1) is 5.70. The zero-order valence-electron chi connectivity index (χ0n) is 6.33. The smallest absolute Gasteiger partial charge is 0.231 e. The second-order valence-electron chi connectivity index (χ2n) is 2.43. The second kappa shape index (κ2) is 2.71. The van der Waals surface area contributed by atoms with Gasteiger partial charge in [0.25, 0.3) is 5.15 Å². The van der Waals surface area contributed by atoms with Crippen molar-refractivity contribution in [1.29, 1.82) is 0 Å². The molecule has 0 aromatic carbocycles. The van der Waals surface area contributed by atoms with Crippen molar-refractivity contribution < 1.29 is 4.68 Å². The van der Waals surface area contributed by atoms with Crippen LogP contribution in [0, 0.1) is 0 Å². The summed E-state index contributed by atoms with van der Waals surface area (Å²) >= 11 is 9.31. The lowest BCUT2D eigenvalue weighted by molar-refractivity contribution is -0.738. The van der Waals surface area contributed by atoms with Crippen molar-refractivity contribution in [3.05, 3.63) is 28.1 Å². The topological polar surface area (TPSA) is 21.2 Å². The summed E-state index contributed by atoms with van der Waals surface area (Å²) in [5.74, 6) is 0. The highest BCUT2D eigenvalue weighted by atomic mass is 79.9. The van der Waals surface area contributed by atoms with Gasteiger partial charge in [-0.15, -0.1) is 4.52 Å². The Morgan fingerprint density at radius 1 is 1.67 bits per heavy atom. The van der Waals surface area contributed by atoms with E-state index in [2.05, 4.69) is 20.9 Å². The summed E-state index contributed by atoms with van der Waals surface area (Å²) in [6.45, 7) is 0. The van der Waals surface area contributed by atoms with Crippen molar-refractivity contribution in [2.45, 2.75) is 0 Å². The number of hydrogen-bond acceptors (Lipinski definition) is 1. The molecule has 2 aromatic heterocycles. The highest BCUT2D eigenvalue weighted by Crippen LogP contribution is 2.17. The van der Waals surface area contributed by atoms with Crippen LogP contribution in [-0.2, 0) is 7.05 Å². The van der Waals surface area contributed by atoms with Crippen LogP contribution in [0.25, 0.3) is 5.65 Å². The van der Waals surface area contributed by atoms with E-state index in [0.29, 0.717) is 5.15 Å². The predicted octanol–water partition coefficient (Wildman–Crippen LogP) is 1.57. The monoisotopic (exact) mass is 246 g/mol. The van der Waals surface area contributed by atoms with E-state index in [1.165, 1.54) is 0 Å². The summed E-state index contributed by atoms with van der Waals surface area (Å²) in [5, 5.41) is 0.660. The van der Waals surface area contributed by atoms with E-state index in [1.807, 2.05) is 28.5 Å². The van der Waals surface area contributed by atoms with Gasteiger partial charge in [-0.2, -0.15) is 0 Å². The van der Waals surface area contributed by atoms with Crippen LogP contribution in [0.5, 0.6) is 0 Å². The molecular weight excluding hydrogens is 241 g/mol. The fourth-order valence-electron chi connectivity index (χ4n) is 1.08. The SMILES string of the molecule is C[n+]1c(Cl)cc(Br)c2nccn21. The standard InChI is InChI=1S/C7H6BrClN3/c1-11-6(9)4-5(8)7-10-2-3-12(7)11/h2-4H,1H3/q+1. The molecule has 0 saturated carbocycles. The van der Waals surface area contributed by atoms with E-state index in [0.717, 1.165) is 10.1 Å². The van der Waals surface area contributed by atoms with Gasteiger partial charge in [-0.25, -0.2) is 4.98 Å². The van der Waals surface area contributed by atoms with E-state index < -0.39 is 0 Å². The van der Waals surface area contributed by atoms with Crippen LogP contribution < -0.4 is 4.68 Å². The Morgan fingerprint density at radius 2 is 2.42 bits per heavy atom. The molecule has 0 fully saturated rings. The van der Waals surface area contributed by atoms with Crippen LogP contribution in [0.2, 0.25) is 5.15 Å². The molecule has 0 spiro atoms. The zero-order chi connectivity index (χ0) is 8.72. The lowest BCUT2D eigenvalue weighted by atomic mass is 10.5. The molecule has 0 aliphatic carbocycles. The maximum absolute atomic E-state index is 5.93. The normalized spacial score (nSPS) is 10.9. The van der Waals surface area contributed by atoms with Gasteiger partial charge in [-0.05, 0) is 27.5 Å². The molecule has 0 bridgehead atoms. The zero-order valence-corrected chi connectivity index (χ0v) is 8.67. The number of halogens is 2. The Balaban J connectivity index is 2.97. The van der Waals surface area contributed by atoms with Gasteiger partial charge in [0.15, 0.2) is 7.05 Å². The summed E-state index contributed by atoms with van der Waals surface area (Å²) in [5.41, 5.74) is 0.863. The van der Waals surface area contributed by atoms with Gasteiger partial charge >= 0.3 is 0 Å². The minimum Gasteiger partial charge on any atom is -0.231 e. The number of nitrogens with zero attached hydrogens (tertiary/aromatic N) is 3. The third kappa shape index (κ3) is 1.03. The van der Waals surface area contributed by atoms with Crippen LogP contribution in [0.3, 0.4) is 0 Å². The van der Waals surface area contributed by atoms with Gasteiger partial charge in [-0.3, -0.25) is 0 Å². The third-order valence-electron chi connectivity index (χ3n) is 1.71. The Labute approximate surface area is 82.7 Å². The highest BCUT2D eigenvalue weighted by molar-refractivity contribution is 9.10. The lowest BCUT2D eigenvalue weighted by Gasteiger charge is -1.96.